The summed E-state index contributed by atoms with van der Waals surface area (Å²) in [7, 11) is -2.63. The third kappa shape index (κ3) is 4.23. The van der Waals surface area contributed by atoms with Crippen LogP contribution in [0.2, 0.25) is 0 Å². The van der Waals surface area contributed by atoms with Crippen molar-refractivity contribution in [1.29, 1.82) is 4.78 Å². The van der Waals surface area contributed by atoms with Gasteiger partial charge in [-0.15, -0.1) is 0 Å². The standard InChI is InChI=1S/C7H16N2O3S/c1-3-13(9,12)5-4-7(2,8)6(10)11/h9H,3-5,8H2,1-2H3,(H,10,11)/t7-,13?/m0/s1. The van der Waals surface area contributed by atoms with E-state index in [1.54, 1.807) is 6.92 Å². The molecule has 5 nitrogen and oxygen atoms in total. The van der Waals surface area contributed by atoms with Crippen LogP contribution in [0.5, 0.6) is 0 Å². The van der Waals surface area contributed by atoms with Crippen LogP contribution in [0, 0.1) is 4.78 Å². The van der Waals surface area contributed by atoms with Crippen molar-refractivity contribution in [3.05, 3.63) is 0 Å². The smallest absolute Gasteiger partial charge is 0.323 e. The Morgan fingerprint density at radius 1 is 1.69 bits per heavy atom. The summed E-state index contributed by atoms with van der Waals surface area (Å²) in [6.07, 6.45) is 0.0680. The van der Waals surface area contributed by atoms with Crippen LogP contribution in [0.25, 0.3) is 0 Å². The maximum atomic E-state index is 11.2. The number of hydrogen-bond donors (Lipinski definition) is 3. The number of rotatable bonds is 5. The zero-order valence-electron chi connectivity index (χ0n) is 7.87. The Labute approximate surface area is 78.3 Å². The molecule has 0 aliphatic carbocycles. The molecule has 0 aromatic rings. The highest BCUT2D eigenvalue weighted by atomic mass is 32.2. The second-order valence-corrected chi connectivity index (χ2v) is 5.89. The SMILES string of the molecule is CCS(=N)(=O)CC[C@](C)(N)C(=O)O. The lowest BCUT2D eigenvalue weighted by atomic mass is 10.0. The van der Waals surface area contributed by atoms with Crippen molar-refractivity contribution < 1.29 is 14.1 Å². The summed E-state index contributed by atoms with van der Waals surface area (Å²) in [5.74, 6) is -0.843. The zero-order valence-corrected chi connectivity index (χ0v) is 8.69. The Morgan fingerprint density at radius 3 is 2.46 bits per heavy atom. The second kappa shape index (κ2) is 4.06. The molecule has 0 spiro atoms. The first-order valence-electron chi connectivity index (χ1n) is 3.98. The van der Waals surface area contributed by atoms with E-state index < -0.39 is 21.2 Å². The van der Waals surface area contributed by atoms with Gasteiger partial charge < -0.3 is 10.8 Å². The van der Waals surface area contributed by atoms with E-state index in [-0.39, 0.29) is 17.9 Å². The molecular formula is C7H16N2O3S. The van der Waals surface area contributed by atoms with Gasteiger partial charge in [0.25, 0.3) is 0 Å². The van der Waals surface area contributed by atoms with E-state index in [4.69, 9.17) is 15.6 Å². The third-order valence-electron chi connectivity index (χ3n) is 1.91. The van der Waals surface area contributed by atoms with E-state index >= 15 is 0 Å². The average molecular weight is 208 g/mol. The van der Waals surface area contributed by atoms with Crippen LogP contribution in [0.1, 0.15) is 20.3 Å². The predicted octanol–water partition coefficient (Wildman–Crippen LogP) is 0.245. The minimum Gasteiger partial charge on any atom is -0.480 e. The molecule has 0 aliphatic heterocycles. The van der Waals surface area contributed by atoms with E-state index in [0.717, 1.165) is 0 Å². The van der Waals surface area contributed by atoms with Gasteiger partial charge in [0.15, 0.2) is 0 Å². The summed E-state index contributed by atoms with van der Waals surface area (Å²) in [4.78, 5) is 10.5. The molecule has 0 radical (unpaired) electrons. The molecule has 0 aromatic carbocycles. The second-order valence-electron chi connectivity index (χ2n) is 3.28. The molecule has 0 heterocycles. The van der Waals surface area contributed by atoms with Crippen molar-refractivity contribution in [3.8, 4) is 0 Å². The van der Waals surface area contributed by atoms with Gasteiger partial charge in [0.05, 0.1) is 0 Å². The number of aliphatic carboxylic acids is 1. The van der Waals surface area contributed by atoms with Crippen molar-refractivity contribution in [2.24, 2.45) is 5.73 Å². The fraction of sp³-hybridized carbons (Fsp3) is 0.857. The van der Waals surface area contributed by atoms with Crippen LogP contribution in [-0.2, 0) is 14.5 Å². The monoisotopic (exact) mass is 208 g/mol. The molecule has 0 fully saturated rings. The summed E-state index contributed by atoms with van der Waals surface area (Å²) >= 11 is 0. The van der Waals surface area contributed by atoms with Gasteiger partial charge in [-0.05, 0) is 13.3 Å². The summed E-state index contributed by atoms with van der Waals surface area (Å²) < 4.78 is 18.5. The van der Waals surface area contributed by atoms with E-state index in [0.29, 0.717) is 0 Å². The average Bonchev–Trinajstić information content (AvgIpc) is 2.01. The minimum atomic E-state index is -2.63. The Hall–Kier alpha value is -0.620. The first-order valence-corrected chi connectivity index (χ1v) is 5.87. The molecular weight excluding hydrogens is 192 g/mol. The largest absolute Gasteiger partial charge is 0.480 e. The molecule has 0 bridgehead atoms. The highest BCUT2D eigenvalue weighted by Gasteiger charge is 2.28. The van der Waals surface area contributed by atoms with Crippen molar-refractivity contribution in [2.45, 2.75) is 25.8 Å². The minimum absolute atomic E-state index is 0.0444. The molecule has 0 saturated heterocycles. The molecule has 0 rings (SSSR count). The van der Waals surface area contributed by atoms with Crippen molar-refractivity contribution >= 4 is 15.7 Å². The number of carboxylic acid groups (broad SMARTS) is 1. The topological polar surface area (TPSA) is 104 Å². The Morgan fingerprint density at radius 2 is 2.15 bits per heavy atom. The molecule has 6 heteroatoms. The van der Waals surface area contributed by atoms with Gasteiger partial charge in [0, 0.05) is 21.2 Å². The van der Waals surface area contributed by atoms with Gasteiger partial charge in [-0.1, -0.05) is 6.92 Å². The normalized spacial score (nSPS) is 20.2. The number of nitrogens with two attached hydrogens (primary N) is 1. The van der Waals surface area contributed by atoms with Gasteiger partial charge in [-0.25, -0.2) is 4.21 Å². The van der Waals surface area contributed by atoms with Crippen LogP contribution in [-0.4, -0.2) is 32.3 Å². The molecule has 0 aromatic heterocycles. The quantitative estimate of drug-likeness (QED) is 0.602. The maximum absolute atomic E-state index is 11.2. The van der Waals surface area contributed by atoms with Crippen LogP contribution < -0.4 is 5.73 Å². The van der Waals surface area contributed by atoms with Crippen LogP contribution >= 0.6 is 0 Å². The van der Waals surface area contributed by atoms with Gasteiger partial charge in [0.1, 0.15) is 5.54 Å². The maximum Gasteiger partial charge on any atom is 0.323 e. The zero-order chi connectivity index (χ0) is 10.7. The van der Waals surface area contributed by atoms with Crippen molar-refractivity contribution in [3.63, 3.8) is 0 Å². The fourth-order valence-corrected chi connectivity index (χ4v) is 1.67. The lowest BCUT2D eigenvalue weighted by molar-refractivity contribution is -0.142. The van der Waals surface area contributed by atoms with Gasteiger partial charge >= 0.3 is 5.97 Å². The Bertz CT molecular complexity index is 282. The Kier molecular flexibility index (Phi) is 3.87. The van der Waals surface area contributed by atoms with E-state index in [9.17, 15) is 9.00 Å². The molecule has 0 saturated carbocycles. The number of nitrogens with one attached hydrogen (secondary N) is 1. The lowest BCUT2D eigenvalue weighted by Crippen LogP contribution is -2.46. The van der Waals surface area contributed by atoms with E-state index in [1.165, 1.54) is 6.92 Å². The molecule has 13 heavy (non-hydrogen) atoms. The van der Waals surface area contributed by atoms with E-state index in [2.05, 4.69) is 0 Å². The Balaban J connectivity index is 4.26. The first kappa shape index (κ1) is 12.4. The third-order valence-corrected chi connectivity index (χ3v) is 3.70. The summed E-state index contributed by atoms with van der Waals surface area (Å²) in [6, 6.07) is 0. The summed E-state index contributed by atoms with van der Waals surface area (Å²) in [5.41, 5.74) is 4.04. The number of carboxylic acids is 1. The highest BCUT2D eigenvalue weighted by Crippen LogP contribution is 2.08. The van der Waals surface area contributed by atoms with Gasteiger partial charge in [-0.3, -0.25) is 9.57 Å². The number of carbonyl (C=O) groups is 1. The van der Waals surface area contributed by atoms with E-state index in [1.807, 2.05) is 0 Å². The van der Waals surface area contributed by atoms with Crippen molar-refractivity contribution in [1.82, 2.24) is 0 Å². The summed E-state index contributed by atoms with van der Waals surface area (Å²) in [6.45, 7) is 3.00. The highest BCUT2D eigenvalue weighted by molar-refractivity contribution is 7.92. The number of hydrogen-bond acceptors (Lipinski definition) is 4. The van der Waals surface area contributed by atoms with Crippen LogP contribution in [0.4, 0.5) is 0 Å². The van der Waals surface area contributed by atoms with Crippen molar-refractivity contribution in [2.75, 3.05) is 11.5 Å². The lowest BCUT2D eigenvalue weighted by Gasteiger charge is -2.19. The van der Waals surface area contributed by atoms with Gasteiger partial charge in [0.2, 0.25) is 0 Å². The molecule has 78 valence electrons. The molecule has 2 atom stereocenters. The fourth-order valence-electron chi connectivity index (χ4n) is 0.628. The molecule has 0 amide bonds. The van der Waals surface area contributed by atoms with Crippen LogP contribution in [0.3, 0.4) is 0 Å². The molecule has 0 aliphatic rings. The predicted molar refractivity (Wildman–Crippen MR) is 51.1 cm³/mol. The molecule has 4 N–H and O–H groups in total. The van der Waals surface area contributed by atoms with Crippen LogP contribution in [0.15, 0.2) is 0 Å². The molecule has 1 unspecified atom stereocenters. The first-order chi connectivity index (χ1) is 5.71. The summed E-state index contributed by atoms with van der Waals surface area (Å²) in [5, 5.41) is 8.63. The van der Waals surface area contributed by atoms with Gasteiger partial charge in [-0.2, -0.15) is 0 Å².